The highest BCUT2D eigenvalue weighted by molar-refractivity contribution is 5.01. The SMILES string of the molecule is C=C1CC(C)CC(OC)C1. The number of ether oxygens (including phenoxy) is 1. The van der Waals surface area contributed by atoms with E-state index < -0.39 is 0 Å². The minimum atomic E-state index is 0.441. The molecule has 0 N–H and O–H groups in total. The van der Waals surface area contributed by atoms with Gasteiger partial charge in [-0.3, -0.25) is 0 Å². The van der Waals surface area contributed by atoms with Crippen LogP contribution < -0.4 is 0 Å². The Kier molecular flexibility index (Phi) is 2.50. The van der Waals surface area contributed by atoms with Crippen LogP contribution in [0, 0.1) is 5.92 Å². The minimum absolute atomic E-state index is 0.441. The van der Waals surface area contributed by atoms with Crippen LogP contribution in [0.15, 0.2) is 12.2 Å². The highest BCUT2D eigenvalue weighted by atomic mass is 16.5. The van der Waals surface area contributed by atoms with Gasteiger partial charge in [-0.2, -0.15) is 0 Å². The predicted molar refractivity (Wildman–Crippen MR) is 43.0 cm³/mol. The van der Waals surface area contributed by atoms with Crippen LogP contribution in [-0.2, 0) is 4.74 Å². The Balaban J connectivity index is 2.42. The zero-order chi connectivity index (χ0) is 7.56. The molecule has 0 aromatic carbocycles. The molecule has 1 rings (SSSR count). The first kappa shape index (κ1) is 7.80. The summed E-state index contributed by atoms with van der Waals surface area (Å²) in [6, 6.07) is 0. The minimum Gasteiger partial charge on any atom is -0.381 e. The maximum Gasteiger partial charge on any atom is 0.0611 e. The van der Waals surface area contributed by atoms with E-state index in [1.54, 1.807) is 7.11 Å². The lowest BCUT2D eigenvalue weighted by Crippen LogP contribution is -2.21. The van der Waals surface area contributed by atoms with Crippen LogP contribution in [-0.4, -0.2) is 13.2 Å². The van der Waals surface area contributed by atoms with E-state index >= 15 is 0 Å². The summed E-state index contributed by atoms with van der Waals surface area (Å²) < 4.78 is 5.27. The van der Waals surface area contributed by atoms with Crippen LogP contribution in [0.3, 0.4) is 0 Å². The van der Waals surface area contributed by atoms with Gasteiger partial charge in [0.1, 0.15) is 0 Å². The second-order valence-electron chi connectivity index (χ2n) is 3.36. The molecule has 0 bridgehead atoms. The van der Waals surface area contributed by atoms with Crippen LogP contribution in [0.1, 0.15) is 26.2 Å². The number of methoxy groups -OCH3 is 1. The van der Waals surface area contributed by atoms with Crippen molar-refractivity contribution < 1.29 is 4.74 Å². The molecule has 1 aliphatic carbocycles. The first-order valence-electron chi connectivity index (χ1n) is 3.91. The lowest BCUT2D eigenvalue weighted by molar-refractivity contribution is 0.0704. The molecule has 58 valence electrons. The third-order valence-corrected chi connectivity index (χ3v) is 2.15. The zero-order valence-corrected chi connectivity index (χ0v) is 6.89. The van der Waals surface area contributed by atoms with Gasteiger partial charge in [0.25, 0.3) is 0 Å². The van der Waals surface area contributed by atoms with Gasteiger partial charge in [-0.05, 0) is 25.2 Å². The second kappa shape index (κ2) is 3.20. The van der Waals surface area contributed by atoms with Crippen molar-refractivity contribution in [2.45, 2.75) is 32.3 Å². The summed E-state index contributed by atoms with van der Waals surface area (Å²) in [7, 11) is 1.79. The van der Waals surface area contributed by atoms with Gasteiger partial charge < -0.3 is 4.74 Å². The summed E-state index contributed by atoms with van der Waals surface area (Å²) in [6.45, 7) is 6.24. The molecule has 0 heterocycles. The summed E-state index contributed by atoms with van der Waals surface area (Å²) in [4.78, 5) is 0. The van der Waals surface area contributed by atoms with Gasteiger partial charge in [0, 0.05) is 7.11 Å². The molecule has 0 radical (unpaired) electrons. The van der Waals surface area contributed by atoms with Crippen LogP contribution in [0.25, 0.3) is 0 Å². The Labute approximate surface area is 63.1 Å². The molecular formula is C9H16O. The fraction of sp³-hybridized carbons (Fsp3) is 0.778. The molecule has 1 nitrogen and oxygen atoms in total. The van der Waals surface area contributed by atoms with Crippen LogP contribution >= 0.6 is 0 Å². The summed E-state index contributed by atoms with van der Waals surface area (Å²) >= 11 is 0. The topological polar surface area (TPSA) is 9.23 Å². The van der Waals surface area contributed by atoms with E-state index in [2.05, 4.69) is 13.5 Å². The number of hydrogen-bond donors (Lipinski definition) is 0. The van der Waals surface area contributed by atoms with Gasteiger partial charge in [0.2, 0.25) is 0 Å². The van der Waals surface area contributed by atoms with Gasteiger partial charge in [0.05, 0.1) is 6.10 Å². The van der Waals surface area contributed by atoms with Crippen LogP contribution in [0.2, 0.25) is 0 Å². The molecule has 0 aromatic rings. The molecule has 2 unspecified atom stereocenters. The quantitative estimate of drug-likeness (QED) is 0.508. The Morgan fingerprint density at radius 1 is 1.50 bits per heavy atom. The van der Waals surface area contributed by atoms with Crippen molar-refractivity contribution in [3.63, 3.8) is 0 Å². The number of hydrogen-bond acceptors (Lipinski definition) is 1. The molecule has 1 saturated carbocycles. The van der Waals surface area contributed by atoms with E-state index in [9.17, 15) is 0 Å². The van der Waals surface area contributed by atoms with Gasteiger partial charge >= 0.3 is 0 Å². The first-order valence-corrected chi connectivity index (χ1v) is 3.91. The molecule has 10 heavy (non-hydrogen) atoms. The van der Waals surface area contributed by atoms with Gasteiger partial charge in [0.15, 0.2) is 0 Å². The molecule has 2 atom stereocenters. The maximum atomic E-state index is 5.27. The lowest BCUT2D eigenvalue weighted by atomic mass is 9.86. The lowest BCUT2D eigenvalue weighted by Gasteiger charge is -2.27. The summed E-state index contributed by atoms with van der Waals surface area (Å²) in [5.41, 5.74) is 1.35. The Morgan fingerprint density at radius 2 is 2.20 bits per heavy atom. The molecule has 0 spiro atoms. The normalized spacial score (nSPS) is 34.4. The zero-order valence-electron chi connectivity index (χ0n) is 6.89. The van der Waals surface area contributed by atoms with E-state index in [1.165, 1.54) is 18.4 Å². The van der Waals surface area contributed by atoms with Crippen molar-refractivity contribution in [1.82, 2.24) is 0 Å². The van der Waals surface area contributed by atoms with Crippen molar-refractivity contribution in [1.29, 1.82) is 0 Å². The fourth-order valence-electron chi connectivity index (χ4n) is 1.69. The van der Waals surface area contributed by atoms with Crippen molar-refractivity contribution in [2.75, 3.05) is 7.11 Å². The van der Waals surface area contributed by atoms with E-state index in [1.807, 2.05) is 0 Å². The second-order valence-corrected chi connectivity index (χ2v) is 3.36. The third-order valence-electron chi connectivity index (χ3n) is 2.15. The van der Waals surface area contributed by atoms with E-state index in [-0.39, 0.29) is 0 Å². The fourth-order valence-corrected chi connectivity index (χ4v) is 1.69. The van der Waals surface area contributed by atoms with Gasteiger partial charge in [-0.25, -0.2) is 0 Å². The van der Waals surface area contributed by atoms with Crippen molar-refractivity contribution >= 4 is 0 Å². The third kappa shape index (κ3) is 1.84. The molecular weight excluding hydrogens is 124 g/mol. The van der Waals surface area contributed by atoms with E-state index in [0.717, 1.165) is 12.3 Å². The molecule has 1 fully saturated rings. The first-order chi connectivity index (χ1) is 4.72. The highest BCUT2D eigenvalue weighted by Gasteiger charge is 2.20. The standard InChI is InChI=1S/C9H16O/c1-7-4-8(2)6-9(5-7)10-3/h8-9H,1,4-6H2,2-3H3. The average Bonchev–Trinajstić information content (AvgIpc) is 1.85. The van der Waals surface area contributed by atoms with E-state index in [0.29, 0.717) is 6.10 Å². The maximum absolute atomic E-state index is 5.27. The monoisotopic (exact) mass is 140 g/mol. The molecule has 0 amide bonds. The van der Waals surface area contributed by atoms with Crippen LogP contribution in [0.5, 0.6) is 0 Å². The molecule has 0 saturated heterocycles. The van der Waals surface area contributed by atoms with Crippen molar-refractivity contribution in [3.05, 3.63) is 12.2 Å². The molecule has 1 heteroatoms. The summed E-state index contributed by atoms with van der Waals surface area (Å²) in [5.74, 6) is 0.770. The molecule has 0 aromatic heterocycles. The molecule has 1 aliphatic rings. The largest absolute Gasteiger partial charge is 0.381 e. The summed E-state index contributed by atoms with van der Waals surface area (Å²) in [6.07, 6.45) is 3.91. The van der Waals surface area contributed by atoms with Crippen LogP contribution in [0.4, 0.5) is 0 Å². The smallest absolute Gasteiger partial charge is 0.0611 e. The van der Waals surface area contributed by atoms with Gasteiger partial charge in [-0.15, -0.1) is 0 Å². The Bertz CT molecular complexity index is 129. The highest BCUT2D eigenvalue weighted by Crippen LogP contribution is 2.28. The van der Waals surface area contributed by atoms with Crippen molar-refractivity contribution in [2.24, 2.45) is 5.92 Å². The van der Waals surface area contributed by atoms with E-state index in [4.69, 9.17) is 4.74 Å². The average molecular weight is 140 g/mol. The predicted octanol–water partition coefficient (Wildman–Crippen LogP) is 2.38. The Morgan fingerprint density at radius 3 is 2.70 bits per heavy atom. The Hall–Kier alpha value is -0.300. The number of rotatable bonds is 1. The summed E-state index contributed by atoms with van der Waals surface area (Å²) in [5, 5.41) is 0. The molecule has 0 aliphatic heterocycles. The van der Waals surface area contributed by atoms with Crippen molar-refractivity contribution in [3.8, 4) is 0 Å². The van der Waals surface area contributed by atoms with Gasteiger partial charge in [-0.1, -0.05) is 19.1 Å².